The van der Waals surface area contributed by atoms with Crippen LogP contribution < -0.4 is 5.32 Å². The van der Waals surface area contributed by atoms with Crippen LogP contribution in [-0.2, 0) is 5.54 Å². The fourth-order valence-corrected chi connectivity index (χ4v) is 2.51. The molecule has 2 nitrogen and oxygen atoms in total. The Balaban J connectivity index is 2.23. The van der Waals surface area contributed by atoms with E-state index in [-0.39, 0.29) is 16.5 Å². The Morgan fingerprint density at radius 3 is 2.18 bits per heavy atom. The van der Waals surface area contributed by atoms with Crippen LogP contribution in [0.1, 0.15) is 39.7 Å². The van der Waals surface area contributed by atoms with Gasteiger partial charge >= 0.3 is 0 Å². The summed E-state index contributed by atoms with van der Waals surface area (Å²) in [5, 5.41) is 12.9. The molecule has 0 spiro atoms. The molecular formula is C15H20N2. The Labute approximate surface area is 104 Å². The normalized spacial score (nSPS) is 26.3. The van der Waals surface area contributed by atoms with E-state index in [2.05, 4.69) is 51.2 Å². The summed E-state index contributed by atoms with van der Waals surface area (Å²) in [6.07, 6.45) is 0.923. The summed E-state index contributed by atoms with van der Waals surface area (Å²) in [6.45, 7) is 8.56. The largest absolute Gasteiger partial charge is 0.290 e. The van der Waals surface area contributed by atoms with Crippen LogP contribution in [0.2, 0.25) is 0 Å². The Kier molecular flexibility index (Phi) is 2.56. The number of nitrogens with zero attached hydrogens (tertiary/aromatic N) is 1. The van der Waals surface area contributed by atoms with E-state index < -0.39 is 0 Å². The number of hydrogen-bond acceptors (Lipinski definition) is 2. The van der Waals surface area contributed by atoms with Gasteiger partial charge in [-0.25, -0.2) is 0 Å². The van der Waals surface area contributed by atoms with E-state index in [0.29, 0.717) is 0 Å². The minimum Gasteiger partial charge on any atom is -0.290 e. The molecular weight excluding hydrogens is 208 g/mol. The van der Waals surface area contributed by atoms with E-state index >= 15 is 0 Å². The zero-order chi connectivity index (χ0) is 12.7. The number of nitrogens with one attached hydrogen (secondary N) is 1. The topological polar surface area (TPSA) is 35.8 Å². The second-order valence-electron chi connectivity index (χ2n) is 6.19. The van der Waals surface area contributed by atoms with Gasteiger partial charge in [-0.15, -0.1) is 0 Å². The third kappa shape index (κ3) is 1.96. The summed E-state index contributed by atoms with van der Waals surface area (Å²) in [4.78, 5) is 0. The number of hydrogen-bond donors (Lipinski definition) is 1. The van der Waals surface area contributed by atoms with Gasteiger partial charge in [0.2, 0.25) is 0 Å². The molecule has 1 unspecified atom stereocenters. The molecule has 1 aliphatic carbocycles. The smallest absolute Gasteiger partial charge is 0.113 e. The van der Waals surface area contributed by atoms with Gasteiger partial charge in [0.15, 0.2) is 0 Å². The molecule has 1 atom stereocenters. The lowest BCUT2D eigenvalue weighted by atomic mass is 9.91. The summed E-state index contributed by atoms with van der Waals surface area (Å²) in [6, 6.07) is 12.8. The molecule has 0 aliphatic heterocycles. The van der Waals surface area contributed by atoms with Gasteiger partial charge in [-0.2, -0.15) is 5.26 Å². The highest BCUT2D eigenvalue weighted by Gasteiger charge is 2.63. The maximum atomic E-state index is 9.39. The van der Waals surface area contributed by atoms with Crippen molar-refractivity contribution in [3.05, 3.63) is 35.9 Å². The van der Waals surface area contributed by atoms with E-state index in [1.165, 1.54) is 5.56 Å². The SMILES string of the molecule is CC(C)(NC1(C#N)CC1(C)C)c1ccccc1. The molecule has 1 fully saturated rings. The second-order valence-corrected chi connectivity index (χ2v) is 6.19. The summed E-state index contributed by atoms with van der Waals surface area (Å²) < 4.78 is 0. The molecule has 2 rings (SSSR count). The molecule has 2 heteroatoms. The highest BCUT2D eigenvalue weighted by Crippen LogP contribution is 2.56. The fourth-order valence-electron chi connectivity index (χ4n) is 2.51. The monoisotopic (exact) mass is 228 g/mol. The average molecular weight is 228 g/mol. The van der Waals surface area contributed by atoms with Crippen LogP contribution in [-0.4, -0.2) is 5.54 Å². The van der Waals surface area contributed by atoms with Gasteiger partial charge in [-0.05, 0) is 31.2 Å². The van der Waals surface area contributed by atoms with E-state index in [4.69, 9.17) is 0 Å². The molecule has 1 N–H and O–H groups in total. The van der Waals surface area contributed by atoms with E-state index in [9.17, 15) is 5.26 Å². The lowest BCUT2D eigenvalue weighted by Crippen LogP contribution is -2.47. The van der Waals surface area contributed by atoms with Crippen molar-refractivity contribution >= 4 is 0 Å². The summed E-state index contributed by atoms with van der Waals surface area (Å²) in [5.74, 6) is 0. The minimum absolute atomic E-state index is 0.0772. The van der Waals surface area contributed by atoms with Crippen LogP contribution in [0.4, 0.5) is 0 Å². The van der Waals surface area contributed by atoms with Crippen LogP contribution in [0, 0.1) is 16.7 Å². The Hall–Kier alpha value is -1.33. The van der Waals surface area contributed by atoms with Crippen molar-refractivity contribution in [2.24, 2.45) is 5.41 Å². The van der Waals surface area contributed by atoms with E-state index in [0.717, 1.165) is 6.42 Å². The van der Waals surface area contributed by atoms with Crippen molar-refractivity contribution in [3.8, 4) is 6.07 Å². The van der Waals surface area contributed by atoms with E-state index in [1.54, 1.807) is 0 Å². The molecule has 0 radical (unpaired) electrons. The first-order valence-corrected chi connectivity index (χ1v) is 6.09. The average Bonchev–Trinajstić information content (AvgIpc) is 2.81. The maximum Gasteiger partial charge on any atom is 0.113 e. The van der Waals surface area contributed by atoms with Crippen LogP contribution in [0.25, 0.3) is 0 Å². The molecule has 0 bridgehead atoms. The number of rotatable bonds is 3. The lowest BCUT2D eigenvalue weighted by Gasteiger charge is -2.31. The Bertz CT molecular complexity index is 454. The zero-order valence-corrected chi connectivity index (χ0v) is 11.0. The Morgan fingerprint density at radius 1 is 1.24 bits per heavy atom. The first-order chi connectivity index (χ1) is 7.83. The zero-order valence-electron chi connectivity index (χ0n) is 11.0. The van der Waals surface area contributed by atoms with Crippen molar-refractivity contribution in [2.45, 2.75) is 45.2 Å². The highest BCUT2D eigenvalue weighted by atomic mass is 15.1. The van der Waals surface area contributed by atoms with Crippen LogP contribution in [0.15, 0.2) is 30.3 Å². The summed E-state index contributed by atoms with van der Waals surface area (Å²) >= 11 is 0. The van der Waals surface area contributed by atoms with E-state index in [1.807, 2.05) is 18.2 Å². The second kappa shape index (κ2) is 3.58. The molecule has 1 aromatic rings. The van der Waals surface area contributed by atoms with Gasteiger partial charge < -0.3 is 0 Å². The molecule has 90 valence electrons. The summed E-state index contributed by atoms with van der Waals surface area (Å²) in [5.41, 5.74) is 0.752. The molecule has 1 aromatic carbocycles. The van der Waals surface area contributed by atoms with Crippen molar-refractivity contribution < 1.29 is 0 Å². The first kappa shape index (κ1) is 12.1. The Morgan fingerprint density at radius 2 is 1.76 bits per heavy atom. The predicted molar refractivity (Wildman–Crippen MR) is 69.3 cm³/mol. The highest BCUT2D eigenvalue weighted by molar-refractivity contribution is 5.33. The third-order valence-corrected chi connectivity index (χ3v) is 3.95. The molecule has 0 aromatic heterocycles. The van der Waals surface area contributed by atoms with Crippen molar-refractivity contribution in [3.63, 3.8) is 0 Å². The van der Waals surface area contributed by atoms with Gasteiger partial charge in [0, 0.05) is 5.54 Å². The summed E-state index contributed by atoms with van der Waals surface area (Å²) in [7, 11) is 0. The number of benzene rings is 1. The lowest BCUT2D eigenvalue weighted by molar-refractivity contribution is 0.328. The van der Waals surface area contributed by atoms with Crippen molar-refractivity contribution in [1.29, 1.82) is 5.26 Å². The van der Waals surface area contributed by atoms with Gasteiger partial charge in [0.05, 0.1) is 6.07 Å². The maximum absolute atomic E-state index is 9.39. The minimum atomic E-state index is -0.369. The van der Waals surface area contributed by atoms with Gasteiger partial charge in [0.25, 0.3) is 0 Å². The fraction of sp³-hybridized carbons (Fsp3) is 0.533. The molecule has 17 heavy (non-hydrogen) atoms. The molecule has 0 saturated heterocycles. The molecule has 0 amide bonds. The van der Waals surface area contributed by atoms with Crippen LogP contribution in [0.5, 0.6) is 0 Å². The van der Waals surface area contributed by atoms with Gasteiger partial charge in [-0.1, -0.05) is 44.2 Å². The van der Waals surface area contributed by atoms with Crippen molar-refractivity contribution in [1.82, 2.24) is 5.32 Å². The first-order valence-electron chi connectivity index (χ1n) is 6.09. The quantitative estimate of drug-likeness (QED) is 0.862. The van der Waals surface area contributed by atoms with Gasteiger partial charge in [-0.3, -0.25) is 5.32 Å². The van der Waals surface area contributed by atoms with Gasteiger partial charge in [0.1, 0.15) is 5.54 Å². The standard InChI is InChI=1S/C15H20N2/c1-13(2)10-15(13,11-16)17-14(3,4)12-8-6-5-7-9-12/h5-9,17H,10H2,1-4H3. The third-order valence-electron chi connectivity index (χ3n) is 3.95. The van der Waals surface area contributed by atoms with Crippen LogP contribution in [0.3, 0.4) is 0 Å². The molecule has 1 saturated carbocycles. The molecule has 0 heterocycles. The number of nitriles is 1. The predicted octanol–water partition coefficient (Wildman–Crippen LogP) is 3.20. The van der Waals surface area contributed by atoms with Crippen LogP contribution >= 0.6 is 0 Å². The van der Waals surface area contributed by atoms with Crippen molar-refractivity contribution in [2.75, 3.05) is 0 Å². The molecule has 1 aliphatic rings.